The topological polar surface area (TPSA) is 62.1 Å². The second kappa shape index (κ2) is 6.37. The molecule has 0 heterocycles. The predicted octanol–water partition coefficient (Wildman–Crippen LogP) is 2.74. The van der Waals surface area contributed by atoms with Crippen LogP contribution < -0.4 is 5.32 Å². The van der Waals surface area contributed by atoms with Gasteiger partial charge in [0, 0.05) is 0 Å². The molecule has 1 amide bonds. The number of nitrogens with one attached hydrogen (secondary N) is 1. The molecule has 1 saturated carbocycles. The summed E-state index contributed by atoms with van der Waals surface area (Å²) in [7, 11) is 0. The molecule has 0 radical (unpaired) electrons. The van der Waals surface area contributed by atoms with Gasteiger partial charge in [-0.3, -0.25) is 0 Å². The maximum atomic E-state index is 11.4. The van der Waals surface area contributed by atoms with Crippen LogP contribution >= 0.6 is 0 Å². The minimum atomic E-state index is -0.702. The molecule has 0 spiro atoms. The van der Waals surface area contributed by atoms with Gasteiger partial charge < -0.3 is 10.1 Å². The summed E-state index contributed by atoms with van der Waals surface area (Å²) < 4.78 is 4.84. The summed E-state index contributed by atoms with van der Waals surface area (Å²) in [6, 6.07) is 2.26. The predicted molar refractivity (Wildman–Crippen MR) is 60.8 cm³/mol. The van der Waals surface area contributed by atoms with E-state index in [-0.39, 0.29) is 0 Å². The smallest absolute Gasteiger partial charge is 0.408 e. The summed E-state index contributed by atoms with van der Waals surface area (Å²) in [5, 5.41) is 12.0. The van der Waals surface area contributed by atoms with Gasteiger partial charge in [-0.25, -0.2) is 4.79 Å². The zero-order valence-corrected chi connectivity index (χ0v) is 9.92. The van der Waals surface area contributed by atoms with E-state index in [1.807, 2.05) is 0 Å². The van der Waals surface area contributed by atoms with E-state index in [1.165, 1.54) is 6.42 Å². The molecule has 0 unspecified atom stereocenters. The number of alkyl carbamates (subject to hydrolysis) is 1. The maximum Gasteiger partial charge on any atom is 0.408 e. The lowest BCUT2D eigenvalue weighted by molar-refractivity contribution is 0.139. The Morgan fingerprint density at radius 3 is 2.38 bits per heavy atom. The maximum absolute atomic E-state index is 11.4. The van der Waals surface area contributed by atoms with Crippen molar-refractivity contribution in [2.45, 2.75) is 57.4 Å². The van der Waals surface area contributed by atoms with E-state index in [0.717, 1.165) is 38.5 Å². The van der Waals surface area contributed by atoms with Crippen LogP contribution in [0.5, 0.6) is 0 Å². The minimum Gasteiger partial charge on any atom is -0.450 e. The summed E-state index contributed by atoms with van der Waals surface area (Å²) >= 11 is 0. The molecule has 0 aliphatic heterocycles. The standard InChI is InChI=1S/C12H20N2O2/c1-2-16-11(15)14-12(10-13)8-6-4-3-5-7-9-12/h2-9H2,1H3,(H,14,15). The number of nitrogens with zero attached hydrogens (tertiary/aromatic N) is 1. The first-order valence-corrected chi connectivity index (χ1v) is 6.08. The van der Waals surface area contributed by atoms with E-state index in [2.05, 4.69) is 11.4 Å². The van der Waals surface area contributed by atoms with Crippen molar-refractivity contribution < 1.29 is 9.53 Å². The Morgan fingerprint density at radius 2 is 1.88 bits per heavy atom. The normalized spacial score (nSPS) is 20.0. The number of amides is 1. The highest BCUT2D eigenvalue weighted by Gasteiger charge is 2.32. The van der Waals surface area contributed by atoms with Gasteiger partial charge in [0.2, 0.25) is 0 Å². The molecule has 1 rings (SSSR count). The van der Waals surface area contributed by atoms with Crippen LogP contribution in [-0.2, 0) is 4.74 Å². The third-order valence-electron chi connectivity index (χ3n) is 3.04. The Bertz CT molecular complexity index is 263. The van der Waals surface area contributed by atoms with Crippen LogP contribution in [0, 0.1) is 11.3 Å². The minimum absolute atomic E-state index is 0.341. The van der Waals surface area contributed by atoms with Crippen LogP contribution in [0.3, 0.4) is 0 Å². The number of nitriles is 1. The molecule has 0 saturated heterocycles. The van der Waals surface area contributed by atoms with Crippen molar-refractivity contribution in [2.75, 3.05) is 6.61 Å². The number of ether oxygens (including phenoxy) is 1. The van der Waals surface area contributed by atoms with E-state index < -0.39 is 11.6 Å². The van der Waals surface area contributed by atoms with Gasteiger partial charge in [-0.05, 0) is 19.8 Å². The van der Waals surface area contributed by atoms with Crippen LogP contribution in [0.2, 0.25) is 0 Å². The molecule has 0 aromatic carbocycles. The molecule has 4 nitrogen and oxygen atoms in total. The van der Waals surface area contributed by atoms with Gasteiger partial charge in [0.15, 0.2) is 0 Å². The Morgan fingerprint density at radius 1 is 1.31 bits per heavy atom. The summed E-state index contributed by atoms with van der Waals surface area (Å²) in [6.07, 6.45) is 6.54. The molecule has 1 N–H and O–H groups in total. The van der Waals surface area contributed by atoms with Crippen LogP contribution in [0.1, 0.15) is 51.9 Å². The van der Waals surface area contributed by atoms with Crippen molar-refractivity contribution in [3.8, 4) is 6.07 Å². The van der Waals surface area contributed by atoms with E-state index in [4.69, 9.17) is 4.74 Å². The van der Waals surface area contributed by atoms with Crippen LogP contribution in [0.4, 0.5) is 4.79 Å². The summed E-state index contributed by atoms with van der Waals surface area (Å²) in [5.41, 5.74) is -0.702. The second-order valence-corrected chi connectivity index (χ2v) is 4.31. The third kappa shape index (κ3) is 3.73. The van der Waals surface area contributed by atoms with Crippen molar-refractivity contribution in [1.82, 2.24) is 5.32 Å². The van der Waals surface area contributed by atoms with E-state index in [9.17, 15) is 10.1 Å². The zero-order chi connectivity index (χ0) is 11.9. The number of carbonyl (C=O) groups excluding carboxylic acids is 1. The molecule has 4 heteroatoms. The molecular formula is C12H20N2O2. The summed E-state index contributed by atoms with van der Waals surface area (Å²) in [4.78, 5) is 11.4. The molecule has 1 fully saturated rings. The Labute approximate surface area is 97.0 Å². The number of hydrogen-bond acceptors (Lipinski definition) is 3. The molecule has 1 aliphatic carbocycles. The van der Waals surface area contributed by atoms with E-state index >= 15 is 0 Å². The highest BCUT2D eigenvalue weighted by molar-refractivity contribution is 5.68. The van der Waals surface area contributed by atoms with Gasteiger partial charge in [-0.2, -0.15) is 5.26 Å². The number of rotatable bonds is 2. The van der Waals surface area contributed by atoms with E-state index in [1.54, 1.807) is 6.92 Å². The van der Waals surface area contributed by atoms with Gasteiger partial charge in [0.25, 0.3) is 0 Å². The molecule has 0 bridgehead atoms. The first-order valence-electron chi connectivity index (χ1n) is 6.08. The molecule has 0 atom stereocenters. The lowest BCUT2D eigenvalue weighted by atomic mass is 9.85. The lowest BCUT2D eigenvalue weighted by Gasteiger charge is -2.29. The second-order valence-electron chi connectivity index (χ2n) is 4.31. The van der Waals surface area contributed by atoms with Crippen LogP contribution in [-0.4, -0.2) is 18.2 Å². The van der Waals surface area contributed by atoms with Gasteiger partial charge in [0.05, 0.1) is 12.7 Å². The van der Waals surface area contributed by atoms with Gasteiger partial charge in [-0.1, -0.05) is 32.1 Å². The first-order chi connectivity index (χ1) is 7.72. The first kappa shape index (κ1) is 12.8. The molecule has 90 valence electrons. The fourth-order valence-electron chi connectivity index (χ4n) is 2.14. The fourth-order valence-corrected chi connectivity index (χ4v) is 2.14. The Hall–Kier alpha value is -1.24. The van der Waals surface area contributed by atoms with E-state index in [0.29, 0.717) is 6.61 Å². The lowest BCUT2D eigenvalue weighted by Crippen LogP contribution is -2.47. The average molecular weight is 224 g/mol. The van der Waals surface area contributed by atoms with Crippen molar-refractivity contribution in [1.29, 1.82) is 5.26 Å². The summed E-state index contributed by atoms with van der Waals surface area (Å²) in [5.74, 6) is 0. The largest absolute Gasteiger partial charge is 0.450 e. The molecule has 0 aromatic heterocycles. The highest BCUT2D eigenvalue weighted by Crippen LogP contribution is 2.25. The quantitative estimate of drug-likeness (QED) is 0.784. The Kier molecular flexibility index (Phi) is 5.10. The average Bonchev–Trinajstić information content (AvgIpc) is 2.23. The molecule has 1 aliphatic rings. The number of hydrogen-bond donors (Lipinski definition) is 1. The van der Waals surface area contributed by atoms with Crippen molar-refractivity contribution in [2.24, 2.45) is 0 Å². The molecular weight excluding hydrogens is 204 g/mol. The SMILES string of the molecule is CCOC(=O)NC1(C#N)CCCCCCC1. The van der Waals surface area contributed by atoms with Crippen molar-refractivity contribution in [3.63, 3.8) is 0 Å². The van der Waals surface area contributed by atoms with Crippen molar-refractivity contribution in [3.05, 3.63) is 0 Å². The fraction of sp³-hybridized carbons (Fsp3) is 0.833. The molecule has 16 heavy (non-hydrogen) atoms. The number of carbonyl (C=O) groups is 1. The van der Waals surface area contributed by atoms with Crippen LogP contribution in [0.15, 0.2) is 0 Å². The molecule has 0 aromatic rings. The third-order valence-corrected chi connectivity index (χ3v) is 3.04. The van der Waals surface area contributed by atoms with Gasteiger partial charge >= 0.3 is 6.09 Å². The summed E-state index contributed by atoms with van der Waals surface area (Å²) in [6.45, 7) is 2.10. The highest BCUT2D eigenvalue weighted by atomic mass is 16.5. The zero-order valence-electron chi connectivity index (χ0n) is 9.92. The monoisotopic (exact) mass is 224 g/mol. The van der Waals surface area contributed by atoms with Crippen molar-refractivity contribution >= 4 is 6.09 Å². The van der Waals surface area contributed by atoms with Gasteiger partial charge in [-0.15, -0.1) is 0 Å². The van der Waals surface area contributed by atoms with Crippen LogP contribution in [0.25, 0.3) is 0 Å². The van der Waals surface area contributed by atoms with Gasteiger partial charge in [0.1, 0.15) is 5.54 Å². The Balaban J connectivity index is 2.59.